The van der Waals surface area contributed by atoms with Gasteiger partial charge < -0.3 is 15.0 Å². The van der Waals surface area contributed by atoms with Crippen LogP contribution in [0.4, 0.5) is 0 Å². The molecule has 2 rings (SSSR count). The van der Waals surface area contributed by atoms with Crippen LogP contribution in [0.5, 0.6) is 0 Å². The van der Waals surface area contributed by atoms with Crippen molar-refractivity contribution in [3.8, 4) is 0 Å². The van der Waals surface area contributed by atoms with Crippen LogP contribution >= 0.6 is 0 Å². The number of likely N-dealkylation sites (N-methyl/N-ethyl adjacent to an activating group) is 1. The van der Waals surface area contributed by atoms with Gasteiger partial charge in [0.2, 0.25) is 0 Å². The minimum atomic E-state index is 0.480. The Kier molecular flexibility index (Phi) is 4.62. The first-order valence-corrected chi connectivity index (χ1v) is 6.76. The molecule has 0 aromatic carbocycles. The van der Waals surface area contributed by atoms with E-state index in [0.29, 0.717) is 6.10 Å². The lowest BCUT2D eigenvalue weighted by molar-refractivity contribution is 0.109. The lowest BCUT2D eigenvalue weighted by atomic mass is 10.2. The first kappa shape index (κ1) is 12.3. The van der Waals surface area contributed by atoms with Crippen molar-refractivity contribution in [2.24, 2.45) is 11.8 Å². The predicted molar refractivity (Wildman–Crippen MR) is 66.6 cm³/mol. The van der Waals surface area contributed by atoms with Gasteiger partial charge >= 0.3 is 0 Å². The SMILES string of the molecule is CC1CC1CN(C)CCNCC1CCCO1. The molecule has 0 spiro atoms. The topological polar surface area (TPSA) is 24.5 Å². The van der Waals surface area contributed by atoms with Gasteiger partial charge in [0, 0.05) is 32.8 Å². The number of hydrogen-bond donors (Lipinski definition) is 1. The lowest BCUT2D eigenvalue weighted by Gasteiger charge is -2.17. The number of rotatable bonds is 7. The highest BCUT2D eigenvalue weighted by atomic mass is 16.5. The van der Waals surface area contributed by atoms with E-state index < -0.39 is 0 Å². The summed E-state index contributed by atoms with van der Waals surface area (Å²) in [7, 11) is 2.23. The Morgan fingerprint density at radius 1 is 1.44 bits per heavy atom. The summed E-state index contributed by atoms with van der Waals surface area (Å²) >= 11 is 0. The summed E-state index contributed by atoms with van der Waals surface area (Å²) in [6, 6.07) is 0. The van der Waals surface area contributed by atoms with E-state index in [0.717, 1.165) is 38.1 Å². The largest absolute Gasteiger partial charge is 0.377 e. The molecule has 1 N–H and O–H groups in total. The van der Waals surface area contributed by atoms with Gasteiger partial charge in [-0.3, -0.25) is 0 Å². The van der Waals surface area contributed by atoms with Crippen molar-refractivity contribution >= 4 is 0 Å². The van der Waals surface area contributed by atoms with Crippen molar-refractivity contribution in [1.82, 2.24) is 10.2 Å². The van der Waals surface area contributed by atoms with Gasteiger partial charge in [0.05, 0.1) is 6.10 Å². The van der Waals surface area contributed by atoms with Gasteiger partial charge in [-0.1, -0.05) is 6.92 Å². The van der Waals surface area contributed by atoms with Crippen LogP contribution in [-0.2, 0) is 4.74 Å². The molecule has 0 aromatic heterocycles. The van der Waals surface area contributed by atoms with Crippen molar-refractivity contribution in [3.05, 3.63) is 0 Å². The molecule has 0 radical (unpaired) electrons. The molecule has 0 aromatic rings. The Morgan fingerprint density at radius 2 is 2.25 bits per heavy atom. The van der Waals surface area contributed by atoms with Gasteiger partial charge in [-0.05, 0) is 38.1 Å². The Hall–Kier alpha value is -0.120. The average molecular weight is 226 g/mol. The maximum absolute atomic E-state index is 5.57. The van der Waals surface area contributed by atoms with Crippen molar-refractivity contribution in [3.63, 3.8) is 0 Å². The minimum Gasteiger partial charge on any atom is -0.377 e. The molecular weight excluding hydrogens is 200 g/mol. The molecule has 3 nitrogen and oxygen atoms in total. The van der Waals surface area contributed by atoms with Crippen molar-refractivity contribution in [2.75, 3.05) is 39.8 Å². The third-order valence-electron chi connectivity index (χ3n) is 3.89. The normalized spacial score (nSPS) is 33.6. The van der Waals surface area contributed by atoms with E-state index in [9.17, 15) is 0 Å². The average Bonchev–Trinajstić information content (AvgIpc) is 2.78. The second-order valence-electron chi connectivity index (χ2n) is 5.57. The molecule has 1 aliphatic heterocycles. The zero-order chi connectivity index (χ0) is 11.4. The second kappa shape index (κ2) is 5.99. The van der Waals surface area contributed by atoms with Gasteiger partial charge in [-0.2, -0.15) is 0 Å². The number of nitrogens with one attached hydrogen (secondary N) is 1. The molecule has 3 unspecified atom stereocenters. The zero-order valence-electron chi connectivity index (χ0n) is 10.7. The summed E-state index contributed by atoms with van der Waals surface area (Å²) < 4.78 is 5.57. The predicted octanol–water partition coefficient (Wildman–Crippen LogP) is 1.34. The van der Waals surface area contributed by atoms with Crippen molar-refractivity contribution in [2.45, 2.75) is 32.3 Å². The standard InChI is InChI=1S/C13H26N2O/c1-11-8-12(11)10-15(2)6-5-14-9-13-4-3-7-16-13/h11-14H,3-10H2,1-2H3. The molecule has 0 bridgehead atoms. The monoisotopic (exact) mass is 226 g/mol. The molecule has 2 fully saturated rings. The van der Waals surface area contributed by atoms with Gasteiger partial charge in [0.15, 0.2) is 0 Å². The smallest absolute Gasteiger partial charge is 0.0700 e. The maximum Gasteiger partial charge on any atom is 0.0700 e. The van der Waals surface area contributed by atoms with Gasteiger partial charge in [-0.25, -0.2) is 0 Å². The molecule has 1 aliphatic carbocycles. The highest BCUT2D eigenvalue weighted by Crippen LogP contribution is 2.37. The summed E-state index contributed by atoms with van der Waals surface area (Å²) in [5.41, 5.74) is 0. The lowest BCUT2D eigenvalue weighted by Crippen LogP contribution is -2.34. The highest BCUT2D eigenvalue weighted by Gasteiger charge is 2.32. The molecule has 1 saturated carbocycles. The van der Waals surface area contributed by atoms with Crippen LogP contribution in [0.2, 0.25) is 0 Å². The van der Waals surface area contributed by atoms with E-state index in [2.05, 4.69) is 24.2 Å². The quantitative estimate of drug-likeness (QED) is 0.663. The fourth-order valence-electron chi connectivity index (χ4n) is 2.48. The van der Waals surface area contributed by atoms with E-state index in [-0.39, 0.29) is 0 Å². The molecule has 1 heterocycles. The van der Waals surface area contributed by atoms with E-state index in [1.54, 1.807) is 0 Å². The minimum absolute atomic E-state index is 0.480. The van der Waals surface area contributed by atoms with Crippen LogP contribution in [0, 0.1) is 11.8 Å². The van der Waals surface area contributed by atoms with Crippen LogP contribution < -0.4 is 5.32 Å². The molecule has 16 heavy (non-hydrogen) atoms. The fraction of sp³-hybridized carbons (Fsp3) is 1.00. The van der Waals surface area contributed by atoms with Crippen molar-refractivity contribution < 1.29 is 4.74 Å². The molecular formula is C13H26N2O. The molecule has 2 aliphatic rings. The van der Waals surface area contributed by atoms with E-state index in [4.69, 9.17) is 4.74 Å². The Morgan fingerprint density at radius 3 is 2.88 bits per heavy atom. The molecule has 3 atom stereocenters. The van der Waals surface area contributed by atoms with Crippen LogP contribution in [0.25, 0.3) is 0 Å². The third kappa shape index (κ3) is 4.04. The summed E-state index contributed by atoms with van der Waals surface area (Å²) in [5, 5.41) is 3.50. The van der Waals surface area contributed by atoms with E-state index in [1.165, 1.54) is 25.8 Å². The molecule has 0 amide bonds. The number of ether oxygens (including phenoxy) is 1. The first-order chi connectivity index (χ1) is 7.75. The van der Waals surface area contributed by atoms with E-state index >= 15 is 0 Å². The van der Waals surface area contributed by atoms with Crippen LogP contribution in [0.3, 0.4) is 0 Å². The van der Waals surface area contributed by atoms with Crippen molar-refractivity contribution in [1.29, 1.82) is 0 Å². The van der Waals surface area contributed by atoms with Gasteiger partial charge in [0.1, 0.15) is 0 Å². The maximum atomic E-state index is 5.57. The summed E-state index contributed by atoms with van der Waals surface area (Å²) in [4.78, 5) is 2.46. The highest BCUT2D eigenvalue weighted by molar-refractivity contribution is 4.84. The summed E-state index contributed by atoms with van der Waals surface area (Å²) in [6.07, 6.45) is 4.40. The zero-order valence-corrected chi connectivity index (χ0v) is 10.7. The van der Waals surface area contributed by atoms with Gasteiger partial charge in [-0.15, -0.1) is 0 Å². The molecule has 94 valence electrons. The fourth-order valence-corrected chi connectivity index (χ4v) is 2.48. The molecule has 3 heteroatoms. The van der Waals surface area contributed by atoms with Crippen LogP contribution in [0.15, 0.2) is 0 Å². The second-order valence-corrected chi connectivity index (χ2v) is 5.57. The number of nitrogens with zero attached hydrogens (tertiary/aromatic N) is 1. The number of hydrogen-bond acceptors (Lipinski definition) is 3. The summed E-state index contributed by atoms with van der Waals surface area (Å²) in [6.45, 7) is 7.89. The van der Waals surface area contributed by atoms with E-state index in [1.807, 2.05) is 0 Å². The Labute approximate surface area is 99.5 Å². The Balaban J connectivity index is 1.44. The summed E-state index contributed by atoms with van der Waals surface area (Å²) in [5.74, 6) is 1.95. The first-order valence-electron chi connectivity index (χ1n) is 6.76. The van der Waals surface area contributed by atoms with Crippen LogP contribution in [-0.4, -0.2) is 50.8 Å². The Bertz CT molecular complexity index is 204. The van der Waals surface area contributed by atoms with Gasteiger partial charge in [0.25, 0.3) is 0 Å². The van der Waals surface area contributed by atoms with Crippen LogP contribution in [0.1, 0.15) is 26.2 Å². The molecule has 1 saturated heterocycles. The third-order valence-corrected chi connectivity index (χ3v) is 3.89.